The maximum Gasteiger partial charge on any atom is 0.0518 e. The third-order valence-electron chi connectivity index (χ3n) is 3.42. The molecule has 0 amide bonds. The van der Waals surface area contributed by atoms with Gasteiger partial charge in [-0.2, -0.15) is 0 Å². The Morgan fingerprint density at radius 3 is 2.39 bits per heavy atom. The van der Waals surface area contributed by atoms with Crippen LogP contribution in [0.15, 0.2) is 0 Å². The topological polar surface area (TPSA) is 24.5 Å². The summed E-state index contributed by atoms with van der Waals surface area (Å²) in [5.74, 6) is 0.794. The van der Waals surface area contributed by atoms with E-state index in [0.29, 0.717) is 6.10 Å². The minimum absolute atomic E-state index is 0.365. The summed E-state index contributed by atoms with van der Waals surface area (Å²) in [4.78, 5) is 2.60. The predicted octanol–water partition coefficient (Wildman–Crippen LogP) is 2.51. The van der Waals surface area contributed by atoms with Crippen LogP contribution >= 0.6 is 0 Å². The fraction of sp³-hybridized carbons (Fsp3) is 1.00. The second-order valence-corrected chi connectivity index (χ2v) is 6.20. The van der Waals surface area contributed by atoms with Crippen molar-refractivity contribution >= 4 is 0 Å². The number of nitrogens with one attached hydrogen (secondary N) is 1. The molecule has 108 valence electrons. The highest BCUT2D eigenvalue weighted by molar-refractivity contribution is 4.77. The van der Waals surface area contributed by atoms with Gasteiger partial charge in [0, 0.05) is 19.2 Å². The fourth-order valence-electron chi connectivity index (χ4n) is 2.53. The van der Waals surface area contributed by atoms with Crippen LogP contribution < -0.4 is 5.32 Å². The SMILES string of the molecule is CC(C)CN1CCC(NCCCOC(C)C)CC1. The van der Waals surface area contributed by atoms with E-state index in [1.807, 2.05) is 0 Å². The molecular weight excluding hydrogens is 224 g/mol. The summed E-state index contributed by atoms with van der Waals surface area (Å²) in [7, 11) is 0. The molecule has 18 heavy (non-hydrogen) atoms. The Morgan fingerprint density at radius 1 is 1.17 bits per heavy atom. The van der Waals surface area contributed by atoms with Crippen LogP contribution in [-0.2, 0) is 4.74 Å². The second kappa shape index (κ2) is 8.89. The molecule has 1 aliphatic heterocycles. The Balaban J connectivity index is 1.98. The zero-order valence-electron chi connectivity index (χ0n) is 12.7. The molecule has 1 fully saturated rings. The molecular formula is C15H32N2O. The first kappa shape index (κ1) is 15.9. The number of ether oxygens (including phenoxy) is 1. The van der Waals surface area contributed by atoms with Gasteiger partial charge in [-0.15, -0.1) is 0 Å². The van der Waals surface area contributed by atoms with Crippen molar-refractivity contribution in [2.45, 2.75) is 59.1 Å². The summed E-state index contributed by atoms with van der Waals surface area (Å²) >= 11 is 0. The van der Waals surface area contributed by atoms with Gasteiger partial charge in [0.2, 0.25) is 0 Å². The van der Waals surface area contributed by atoms with Crippen molar-refractivity contribution in [3.63, 3.8) is 0 Å². The van der Waals surface area contributed by atoms with E-state index in [4.69, 9.17) is 4.74 Å². The van der Waals surface area contributed by atoms with Gasteiger partial charge in [-0.1, -0.05) is 13.8 Å². The molecule has 0 saturated carbocycles. The van der Waals surface area contributed by atoms with Gasteiger partial charge in [0.25, 0.3) is 0 Å². The number of piperidine rings is 1. The van der Waals surface area contributed by atoms with Gasteiger partial charge < -0.3 is 15.0 Å². The van der Waals surface area contributed by atoms with Gasteiger partial charge in [0.15, 0.2) is 0 Å². The highest BCUT2D eigenvalue weighted by atomic mass is 16.5. The summed E-state index contributed by atoms with van der Waals surface area (Å²) in [5.41, 5.74) is 0. The van der Waals surface area contributed by atoms with Crippen molar-refractivity contribution in [2.24, 2.45) is 5.92 Å². The zero-order chi connectivity index (χ0) is 13.4. The molecule has 3 nitrogen and oxygen atoms in total. The largest absolute Gasteiger partial charge is 0.379 e. The maximum absolute atomic E-state index is 5.54. The first-order valence-electron chi connectivity index (χ1n) is 7.65. The summed E-state index contributed by atoms with van der Waals surface area (Å²) in [6, 6.07) is 0.729. The molecule has 0 atom stereocenters. The number of nitrogens with zero attached hydrogens (tertiary/aromatic N) is 1. The van der Waals surface area contributed by atoms with Gasteiger partial charge in [0.1, 0.15) is 0 Å². The molecule has 0 aromatic carbocycles. The van der Waals surface area contributed by atoms with E-state index >= 15 is 0 Å². The molecule has 0 aromatic heterocycles. The van der Waals surface area contributed by atoms with Crippen LogP contribution in [0.2, 0.25) is 0 Å². The molecule has 0 radical (unpaired) electrons. The lowest BCUT2D eigenvalue weighted by Crippen LogP contribution is -2.43. The van der Waals surface area contributed by atoms with Crippen LogP contribution in [0.1, 0.15) is 47.0 Å². The number of hydrogen-bond donors (Lipinski definition) is 1. The minimum atomic E-state index is 0.365. The number of rotatable bonds is 8. The average molecular weight is 256 g/mol. The Labute approximate surface area is 113 Å². The van der Waals surface area contributed by atoms with Gasteiger partial charge in [-0.25, -0.2) is 0 Å². The molecule has 1 saturated heterocycles. The van der Waals surface area contributed by atoms with E-state index in [2.05, 4.69) is 37.9 Å². The van der Waals surface area contributed by atoms with Crippen molar-refractivity contribution < 1.29 is 4.74 Å². The normalized spacial score (nSPS) is 19.0. The van der Waals surface area contributed by atoms with Crippen LogP contribution in [0.5, 0.6) is 0 Å². The quantitative estimate of drug-likeness (QED) is 0.675. The van der Waals surface area contributed by atoms with Crippen molar-refractivity contribution in [1.29, 1.82) is 0 Å². The predicted molar refractivity (Wildman–Crippen MR) is 78.0 cm³/mol. The molecule has 1 rings (SSSR count). The summed E-state index contributed by atoms with van der Waals surface area (Å²) in [6.07, 6.45) is 4.10. The molecule has 0 unspecified atom stereocenters. The molecule has 0 bridgehead atoms. The van der Waals surface area contributed by atoms with Crippen LogP contribution in [0.25, 0.3) is 0 Å². The lowest BCUT2D eigenvalue weighted by molar-refractivity contribution is 0.0760. The van der Waals surface area contributed by atoms with E-state index in [1.54, 1.807) is 0 Å². The number of hydrogen-bond acceptors (Lipinski definition) is 3. The highest BCUT2D eigenvalue weighted by Crippen LogP contribution is 2.11. The van der Waals surface area contributed by atoms with Gasteiger partial charge in [-0.3, -0.25) is 0 Å². The molecule has 1 N–H and O–H groups in total. The molecule has 0 aromatic rings. The van der Waals surface area contributed by atoms with E-state index in [9.17, 15) is 0 Å². The van der Waals surface area contributed by atoms with Gasteiger partial charge in [-0.05, 0) is 58.7 Å². The highest BCUT2D eigenvalue weighted by Gasteiger charge is 2.18. The Bertz CT molecular complexity index is 199. The van der Waals surface area contributed by atoms with Gasteiger partial charge in [0.05, 0.1) is 6.10 Å². The van der Waals surface area contributed by atoms with Crippen LogP contribution in [0, 0.1) is 5.92 Å². The van der Waals surface area contributed by atoms with E-state index < -0.39 is 0 Å². The smallest absolute Gasteiger partial charge is 0.0518 e. The average Bonchev–Trinajstić information content (AvgIpc) is 2.30. The van der Waals surface area contributed by atoms with Crippen molar-refractivity contribution in [3.05, 3.63) is 0 Å². The lowest BCUT2D eigenvalue weighted by Gasteiger charge is -2.33. The lowest BCUT2D eigenvalue weighted by atomic mass is 10.0. The second-order valence-electron chi connectivity index (χ2n) is 6.20. The fourth-order valence-corrected chi connectivity index (χ4v) is 2.53. The summed E-state index contributed by atoms with van der Waals surface area (Å²) in [5, 5.41) is 3.66. The third kappa shape index (κ3) is 7.34. The first-order valence-corrected chi connectivity index (χ1v) is 7.65. The third-order valence-corrected chi connectivity index (χ3v) is 3.42. The van der Waals surface area contributed by atoms with Crippen molar-refractivity contribution in [1.82, 2.24) is 10.2 Å². The van der Waals surface area contributed by atoms with Gasteiger partial charge >= 0.3 is 0 Å². The van der Waals surface area contributed by atoms with Crippen LogP contribution in [-0.4, -0.2) is 49.8 Å². The minimum Gasteiger partial charge on any atom is -0.379 e. The molecule has 1 heterocycles. The van der Waals surface area contributed by atoms with Crippen molar-refractivity contribution in [2.75, 3.05) is 32.8 Å². The maximum atomic E-state index is 5.54. The van der Waals surface area contributed by atoms with Crippen molar-refractivity contribution in [3.8, 4) is 0 Å². The first-order chi connectivity index (χ1) is 8.58. The van der Waals surface area contributed by atoms with E-state index in [0.717, 1.165) is 31.5 Å². The zero-order valence-corrected chi connectivity index (χ0v) is 12.7. The number of likely N-dealkylation sites (tertiary alicyclic amines) is 1. The Hall–Kier alpha value is -0.120. The molecule has 3 heteroatoms. The summed E-state index contributed by atoms with van der Waals surface area (Å²) < 4.78 is 5.54. The molecule has 1 aliphatic rings. The Kier molecular flexibility index (Phi) is 7.87. The summed E-state index contributed by atoms with van der Waals surface area (Å²) in [6.45, 7) is 14.6. The van der Waals surface area contributed by atoms with Crippen LogP contribution in [0.4, 0.5) is 0 Å². The van der Waals surface area contributed by atoms with E-state index in [1.165, 1.54) is 32.5 Å². The van der Waals surface area contributed by atoms with E-state index in [-0.39, 0.29) is 0 Å². The monoisotopic (exact) mass is 256 g/mol. The van der Waals surface area contributed by atoms with Crippen LogP contribution in [0.3, 0.4) is 0 Å². The molecule has 0 spiro atoms. The molecule has 0 aliphatic carbocycles. The Morgan fingerprint density at radius 2 is 1.83 bits per heavy atom. The standard InChI is InChI=1S/C15H32N2O/c1-13(2)12-17-9-6-15(7-10-17)16-8-5-11-18-14(3)4/h13-16H,5-12H2,1-4H3.